The molecule has 0 spiro atoms. The van der Waals surface area contributed by atoms with Crippen LogP contribution in [-0.4, -0.2) is 87.2 Å². The normalized spacial score (nSPS) is 14.0. The minimum Gasteiger partial charge on any atom is -0.324 e. The van der Waals surface area contributed by atoms with Crippen LogP contribution in [0, 0.1) is 0 Å². The van der Waals surface area contributed by atoms with Crippen molar-refractivity contribution in [3.8, 4) is 0 Å². The maximum atomic E-state index is 11.0. The van der Waals surface area contributed by atoms with Gasteiger partial charge in [-0.15, -0.1) is 0 Å². The molecule has 8 N–H and O–H groups in total. The van der Waals surface area contributed by atoms with Crippen LogP contribution >= 0.6 is 30.4 Å². The van der Waals surface area contributed by atoms with E-state index in [1.165, 1.54) is 0 Å². The summed E-state index contributed by atoms with van der Waals surface area (Å²) in [7, 11) is -18.8. The Hall–Kier alpha value is 1.04. The van der Waals surface area contributed by atoms with Crippen molar-refractivity contribution >= 4 is 30.4 Å². The van der Waals surface area contributed by atoms with E-state index in [1.807, 2.05) is 0 Å². The zero-order chi connectivity index (χ0) is 19.4. The third kappa shape index (κ3) is 19.6. The van der Waals surface area contributed by atoms with E-state index in [9.17, 15) is 18.3 Å². The zero-order valence-electron chi connectivity index (χ0n) is 12.5. The number of nitrogens with zero attached hydrogens (tertiary/aromatic N) is 2. The summed E-state index contributed by atoms with van der Waals surface area (Å²) in [5, 5.41) is 0. The predicted molar refractivity (Wildman–Crippen MR) is 81.1 cm³/mol. The minimum absolute atomic E-state index is 0. The van der Waals surface area contributed by atoms with Gasteiger partial charge in [-0.05, 0) is 0 Å². The fourth-order valence-electron chi connectivity index (χ4n) is 1.70. The molecule has 0 aliphatic heterocycles. The van der Waals surface area contributed by atoms with Crippen LogP contribution in [0.4, 0.5) is 0 Å². The van der Waals surface area contributed by atoms with E-state index in [0.29, 0.717) is 9.80 Å². The van der Waals surface area contributed by atoms with Crippen molar-refractivity contribution in [2.45, 2.75) is 0 Å². The van der Waals surface area contributed by atoms with Gasteiger partial charge in [-0.25, -0.2) is 0 Å². The standard InChI is InChI=1S/C6H20N2O12P4.Fe/c9-21(10,11)3-7(4-22(12,13)14)1-2-8(5-23(15,16)17)6-24(18,19)20;/h1-6H2,(H2,9,10,11)(H2,12,13,14)(H2,15,16,17)(H2,18,19,20);/q;+2. The van der Waals surface area contributed by atoms with Crippen molar-refractivity contribution in [1.82, 2.24) is 9.80 Å². The fourth-order valence-corrected chi connectivity index (χ4v) is 5.06. The summed E-state index contributed by atoms with van der Waals surface area (Å²) in [6, 6.07) is 0. The summed E-state index contributed by atoms with van der Waals surface area (Å²) >= 11 is 0. The van der Waals surface area contributed by atoms with Gasteiger partial charge < -0.3 is 39.1 Å². The number of hydrogen-bond donors (Lipinski definition) is 8. The van der Waals surface area contributed by atoms with Gasteiger partial charge in [0, 0.05) is 13.1 Å². The van der Waals surface area contributed by atoms with E-state index in [0.717, 1.165) is 0 Å². The molecule has 14 nitrogen and oxygen atoms in total. The number of rotatable bonds is 11. The second kappa shape index (κ2) is 10.5. The monoisotopic (exact) mass is 492 g/mol. The van der Waals surface area contributed by atoms with Gasteiger partial charge in [0.2, 0.25) is 0 Å². The first-order valence-electron chi connectivity index (χ1n) is 5.99. The van der Waals surface area contributed by atoms with Crippen LogP contribution in [-0.2, 0) is 35.3 Å². The van der Waals surface area contributed by atoms with Crippen LogP contribution in [0.5, 0.6) is 0 Å². The van der Waals surface area contributed by atoms with Crippen LogP contribution in [0.3, 0.4) is 0 Å². The van der Waals surface area contributed by atoms with E-state index < -0.39 is 68.6 Å². The van der Waals surface area contributed by atoms with E-state index in [4.69, 9.17) is 39.1 Å². The fraction of sp³-hybridized carbons (Fsp3) is 1.00. The molecule has 0 saturated carbocycles. The topological polar surface area (TPSA) is 237 Å². The van der Waals surface area contributed by atoms with Crippen molar-refractivity contribution in [3.05, 3.63) is 0 Å². The molecule has 0 bridgehead atoms. The third-order valence-electron chi connectivity index (χ3n) is 2.27. The molecule has 0 atom stereocenters. The van der Waals surface area contributed by atoms with Crippen LogP contribution in [0.2, 0.25) is 0 Å². The Morgan fingerprint density at radius 1 is 0.480 bits per heavy atom. The minimum atomic E-state index is -4.69. The maximum absolute atomic E-state index is 11.0. The molecule has 0 saturated heterocycles. The van der Waals surface area contributed by atoms with Gasteiger partial charge in [-0.1, -0.05) is 0 Å². The maximum Gasteiger partial charge on any atom is 2.00 e. The molecule has 0 amide bonds. The first-order chi connectivity index (χ1) is 10.4. The molecule has 0 radical (unpaired) electrons. The summed E-state index contributed by atoms with van der Waals surface area (Å²) in [6.07, 6.45) is -4.18. The molecular weight excluding hydrogens is 472 g/mol. The molecule has 0 aliphatic carbocycles. The third-order valence-corrected chi connectivity index (χ3v) is 5.34. The summed E-state index contributed by atoms with van der Waals surface area (Å²) in [6.45, 7) is -1.01. The van der Waals surface area contributed by atoms with E-state index >= 15 is 0 Å². The second-order valence-corrected chi connectivity index (χ2v) is 11.5. The molecule has 152 valence electrons. The average Bonchev–Trinajstić information content (AvgIpc) is 2.16. The quantitative estimate of drug-likeness (QED) is 0.117. The van der Waals surface area contributed by atoms with Crippen LogP contribution in [0.25, 0.3) is 0 Å². The summed E-state index contributed by atoms with van der Waals surface area (Å²) < 4.78 is 43.9. The molecule has 0 aromatic carbocycles. The molecule has 19 heteroatoms. The van der Waals surface area contributed by atoms with Gasteiger partial charge in [0.1, 0.15) is 25.1 Å². The Balaban J connectivity index is 0. The van der Waals surface area contributed by atoms with Gasteiger partial charge in [-0.2, -0.15) is 0 Å². The van der Waals surface area contributed by atoms with E-state index in [-0.39, 0.29) is 17.1 Å². The Labute approximate surface area is 153 Å². The Bertz CT molecular complexity index is 492. The molecule has 0 aromatic rings. The largest absolute Gasteiger partial charge is 2.00 e. The van der Waals surface area contributed by atoms with Crippen molar-refractivity contribution in [3.63, 3.8) is 0 Å². The first-order valence-corrected chi connectivity index (χ1v) is 13.2. The molecule has 0 aromatic heterocycles. The smallest absolute Gasteiger partial charge is 0.324 e. The Morgan fingerprint density at radius 2 is 0.640 bits per heavy atom. The van der Waals surface area contributed by atoms with Gasteiger partial charge in [0.05, 0.1) is 0 Å². The Morgan fingerprint density at radius 3 is 0.760 bits per heavy atom. The van der Waals surface area contributed by atoms with Crippen molar-refractivity contribution in [2.24, 2.45) is 0 Å². The summed E-state index contributed by atoms with van der Waals surface area (Å²) in [5.74, 6) is 0. The molecule has 0 heterocycles. The second-order valence-electron chi connectivity index (χ2n) is 5.01. The van der Waals surface area contributed by atoms with Crippen LogP contribution < -0.4 is 0 Å². The average molecular weight is 492 g/mol. The van der Waals surface area contributed by atoms with Crippen molar-refractivity contribution < 1.29 is 74.5 Å². The predicted octanol–water partition coefficient (Wildman–Crippen LogP) is -1.87. The van der Waals surface area contributed by atoms with Gasteiger partial charge >= 0.3 is 47.5 Å². The van der Waals surface area contributed by atoms with Gasteiger partial charge in [0.25, 0.3) is 0 Å². The zero-order valence-corrected chi connectivity index (χ0v) is 17.2. The number of hydrogen-bond acceptors (Lipinski definition) is 6. The Kier molecular flexibility index (Phi) is 11.9. The van der Waals surface area contributed by atoms with Crippen molar-refractivity contribution in [2.75, 3.05) is 38.2 Å². The molecule has 0 fully saturated rings. The van der Waals surface area contributed by atoms with Gasteiger partial charge in [-0.3, -0.25) is 28.1 Å². The van der Waals surface area contributed by atoms with Gasteiger partial charge in [0.15, 0.2) is 0 Å². The summed E-state index contributed by atoms with van der Waals surface area (Å²) in [4.78, 5) is 72.3. The van der Waals surface area contributed by atoms with Crippen LogP contribution in [0.1, 0.15) is 0 Å². The van der Waals surface area contributed by atoms with Crippen LogP contribution in [0.15, 0.2) is 0 Å². The van der Waals surface area contributed by atoms with Crippen molar-refractivity contribution in [1.29, 1.82) is 0 Å². The molecule has 0 aliphatic rings. The SMILES string of the molecule is O=P(O)(O)CN(CCN(CP(=O)(O)O)CP(=O)(O)O)CP(=O)(O)O.[Fe+2]. The summed E-state index contributed by atoms with van der Waals surface area (Å²) in [5.41, 5.74) is 0. The molecule has 0 unspecified atom stereocenters. The first kappa shape index (κ1) is 28.3. The molecule has 25 heavy (non-hydrogen) atoms. The van der Waals surface area contributed by atoms with E-state index in [2.05, 4.69) is 0 Å². The van der Waals surface area contributed by atoms with E-state index in [1.54, 1.807) is 0 Å². The molecule has 0 rings (SSSR count). The molecular formula is C6H20FeN2O12P4+2.